The van der Waals surface area contributed by atoms with Crippen LogP contribution in [0.15, 0.2) is 0 Å². The van der Waals surface area contributed by atoms with Gasteiger partial charge < -0.3 is 10.4 Å². The number of nitrogens with one attached hydrogen (secondary N) is 1. The minimum absolute atomic E-state index is 0.196. The average molecular weight is 253 g/mol. The highest BCUT2D eigenvalue weighted by molar-refractivity contribution is 5.86. The van der Waals surface area contributed by atoms with Gasteiger partial charge in [-0.05, 0) is 20.3 Å². The molecule has 1 fully saturated rings. The molecule has 0 spiro atoms. The fourth-order valence-electron chi connectivity index (χ4n) is 1.90. The number of aliphatic carboxylic acids is 1. The van der Waals surface area contributed by atoms with E-state index in [4.69, 9.17) is 10.4 Å². The van der Waals surface area contributed by atoms with Crippen LogP contribution in [0.3, 0.4) is 0 Å². The lowest BCUT2D eigenvalue weighted by Crippen LogP contribution is -2.56. The van der Waals surface area contributed by atoms with Crippen LogP contribution in [0.25, 0.3) is 0 Å². The van der Waals surface area contributed by atoms with Crippen LogP contribution in [0.1, 0.15) is 26.7 Å². The molecule has 1 unspecified atom stereocenters. The quantitative estimate of drug-likeness (QED) is 0.730. The minimum atomic E-state index is -0.985. The van der Waals surface area contributed by atoms with Crippen molar-refractivity contribution in [3.63, 3.8) is 0 Å². The molecule has 1 amide bonds. The van der Waals surface area contributed by atoms with E-state index in [0.717, 1.165) is 0 Å². The molecule has 1 aliphatic heterocycles. The molecule has 0 bridgehead atoms. The van der Waals surface area contributed by atoms with Crippen molar-refractivity contribution in [2.24, 2.45) is 5.41 Å². The summed E-state index contributed by atoms with van der Waals surface area (Å²) in [4.78, 5) is 24.3. The molecule has 6 heteroatoms. The van der Waals surface area contributed by atoms with E-state index in [1.807, 2.05) is 18.7 Å². The Balaban J connectivity index is 2.63. The third-order valence-electron chi connectivity index (χ3n) is 3.14. The van der Waals surface area contributed by atoms with Crippen LogP contribution in [-0.4, -0.2) is 47.6 Å². The molecule has 6 nitrogen and oxygen atoms in total. The van der Waals surface area contributed by atoms with Gasteiger partial charge in [0.25, 0.3) is 0 Å². The molecule has 0 aromatic rings. The standard InChI is InChI=1S/C12H19N3O3/c1-12(2,8-13)3-5-15-6-4-14-11(18)9(15)7-10(16)17/h9H,3-7H2,1-2H3,(H,14,18)(H,16,17). The largest absolute Gasteiger partial charge is 0.481 e. The van der Waals surface area contributed by atoms with Crippen molar-refractivity contribution in [1.82, 2.24) is 10.2 Å². The number of carbonyl (C=O) groups is 2. The molecule has 2 N–H and O–H groups in total. The van der Waals surface area contributed by atoms with Crippen molar-refractivity contribution in [1.29, 1.82) is 5.26 Å². The number of nitriles is 1. The molecule has 1 heterocycles. The molecule has 18 heavy (non-hydrogen) atoms. The lowest BCUT2D eigenvalue weighted by Gasteiger charge is -2.35. The predicted octanol–water partition coefficient (Wildman–Crippen LogP) is 0.201. The van der Waals surface area contributed by atoms with E-state index in [9.17, 15) is 9.59 Å². The van der Waals surface area contributed by atoms with E-state index in [-0.39, 0.29) is 12.3 Å². The molecule has 0 radical (unpaired) electrons. The van der Waals surface area contributed by atoms with Crippen molar-refractivity contribution < 1.29 is 14.7 Å². The first-order chi connectivity index (χ1) is 8.35. The lowest BCUT2D eigenvalue weighted by atomic mass is 9.91. The molecule has 1 rings (SSSR count). The van der Waals surface area contributed by atoms with Gasteiger partial charge in [0, 0.05) is 19.6 Å². The van der Waals surface area contributed by atoms with E-state index >= 15 is 0 Å². The van der Waals surface area contributed by atoms with Gasteiger partial charge in [-0.15, -0.1) is 0 Å². The number of nitrogens with zero attached hydrogens (tertiary/aromatic N) is 2. The SMILES string of the molecule is CC(C)(C#N)CCN1CCNC(=O)C1CC(=O)O. The first-order valence-electron chi connectivity index (χ1n) is 6.00. The zero-order valence-electron chi connectivity index (χ0n) is 10.8. The molecule has 0 aromatic heterocycles. The first kappa shape index (κ1) is 14.5. The fraction of sp³-hybridized carbons (Fsp3) is 0.750. The van der Waals surface area contributed by atoms with Crippen LogP contribution in [-0.2, 0) is 9.59 Å². The van der Waals surface area contributed by atoms with Gasteiger partial charge in [0.05, 0.1) is 23.9 Å². The van der Waals surface area contributed by atoms with Crippen LogP contribution in [0.4, 0.5) is 0 Å². The second-order valence-corrected chi connectivity index (χ2v) is 5.19. The third kappa shape index (κ3) is 4.00. The summed E-state index contributed by atoms with van der Waals surface area (Å²) in [5, 5.41) is 20.4. The summed E-state index contributed by atoms with van der Waals surface area (Å²) in [6, 6.07) is 1.58. The molecule has 0 saturated carbocycles. The number of piperazine rings is 1. The third-order valence-corrected chi connectivity index (χ3v) is 3.14. The summed E-state index contributed by atoms with van der Waals surface area (Å²) in [5.41, 5.74) is -0.457. The van der Waals surface area contributed by atoms with E-state index < -0.39 is 17.4 Å². The summed E-state index contributed by atoms with van der Waals surface area (Å²) in [6.07, 6.45) is 0.422. The van der Waals surface area contributed by atoms with Crippen molar-refractivity contribution >= 4 is 11.9 Å². The van der Waals surface area contributed by atoms with Crippen molar-refractivity contribution in [3.05, 3.63) is 0 Å². The Kier molecular flexibility index (Phi) is 4.68. The highest BCUT2D eigenvalue weighted by Crippen LogP contribution is 2.20. The zero-order valence-corrected chi connectivity index (χ0v) is 10.8. The molecule has 1 atom stereocenters. The topological polar surface area (TPSA) is 93.4 Å². The van der Waals surface area contributed by atoms with Gasteiger partial charge in [-0.25, -0.2) is 0 Å². The maximum Gasteiger partial charge on any atom is 0.305 e. The first-order valence-corrected chi connectivity index (χ1v) is 6.00. The number of amides is 1. The van der Waals surface area contributed by atoms with Crippen LogP contribution < -0.4 is 5.32 Å². The van der Waals surface area contributed by atoms with Gasteiger partial charge >= 0.3 is 5.97 Å². The highest BCUT2D eigenvalue weighted by Gasteiger charge is 2.32. The monoisotopic (exact) mass is 253 g/mol. The number of hydrogen-bond acceptors (Lipinski definition) is 4. The Morgan fingerprint density at radius 1 is 1.67 bits per heavy atom. The van der Waals surface area contributed by atoms with Gasteiger partial charge in [-0.3, -0.25) is 14.5 Å². The van der Waals surface area contributed by atoms with E-state index in [1.165, 1.54) is 0 Å². The maximum atomic E-state index is 11.7. The van der Waals surface area contributed by atoms with Gasteiger partial charge in [-0.2, -0.15) is 5.26 Å². The molecule has 1 saturated heterocycles. The van der Waals surface area contributed by atoms with Crippen LogP contribution in [0.2, 0.25) is 0 Å². The molecule has 0 aliphatic carbocycles. The van der Waals surface area contributed by atoms with Gasteiger partial charge in [-0.1, -0.05) is 0 Å². The molecular formula is C12H19N3O3. The Morgan fingerprint density at radius 2 is 2.33 bits per heavy atom. The van der Waals surface area contributed by atoms with E-state index in [2.05, 4.69) is 11.4 Å². The van der Waals surface area contributed by atoms with Crippen LogP contribution in [0, 0.1) is 16.7 Å². The Labute approximate surface area is 107 Å². The van der Waals surface area contributed by atoms with Gasteiger partial charge in [0.15, 0.2) is 0 Å². The van der Waals surface area contributed by atoms with Gasteiger partial charge in [0.1, 0.15) is 0 Å². The predicted molar refractivity (Wildman–Crippen MR) is 64.6 cm³/mol. The molecule has 0 aromatic carbocycles. The number of carboxylic acid groups (broad SMARTS) is 1. The highest BCUT2D eigenvalue weighted by atomic mass is 16.4. The lowest BCUT2D eigenvalue weighted by molar-refractivity contribution is -0.143. The second kappa shape index (κ2) is 5.83. The van der Waals surface area contributed by atoms with Crippen LogP contribution >= 0.6 is 0 Å². The van der Waals surface area contributed by atoms with Crippen molar-refractivity contribution in [2.45, 2.75) is 32.7 Å². The number of rotatable bonds is 5. The maximum absolute atomic E-state index is 11.7. The Morgan fingerprint density at radius 3 is 2.89 bits per heavy atom. The van der Waals surface area contributed by atoms with Crippen LogP contribution in [0.5, 0.6) is 0 Å². The summed E-state index contributed by atoms with van der Waals surface area (Å²) in [6.45, 7) is 5.39. The molecule has 1 aliphatic rings. The summed E-state index contributed by atoms with van der Waals surface area (Å²) < 4.78 is 0. The molecular weight excluding hydrogens is 234 g/mol. The number of carbonyl (C=O) groups excluding carboxylic acids is 1. The van der Waals surface area contributed by atoms with E-state index in [1.54, 1.807) is 0 Å². The average Bonchev–Trinajstić information content (AvgIpc) is 2.29. The van der Waals surface area contributed by atoms with E-state index in [0.29, 0.717) is 26.1 Å². The smallest absolute Gasteiger partial charge is 0.305 e. The fourth-order valence-corrected chi connectivity index (χ4v) is 1.90. The second-order valence-electron chi connectivity index (χ2n) is 5.19. The molecule has 100 valence electrons. The zero-order chi connectivity index (χ0) is 13.8. The summed E-state index contributed by atoms with van der Waals surface area (Å²) >= 11 is 0. The number of hydrogen-bond donors (Lipinski definition) is 2. The minimum Gasteiger partial charge on any atom is -0.481 e. The van der Waals surface area contributed by atoms with Gasteiger partial charge in [0.2, 0.25) is 5.91 Å². The van der Waals surface area contributed by atoms with Crippen molar-refractivity contribution in [3.8, 4) is 6.07 Å². The summed E-state index contributed by atoms with van der Waals surface area (Å²) in [7, 11) is 0. The van der Waals surface area contributed by atoms with Crippen molar-refractivity contribution in [2.75, 3.05) is 19.6 Å². The number of carboxylic acids is 1. The Bertz CT molecular complexity index is 373. The summed E-state index contributed by atoms with van der Waals surface area (Å²) in [5.74, 6) is -1.22. The normalized spacial score (nSPS) is 21.2. The Hall–Kier alpha value is -1.61.